The van der Waals surface area contributed by atoms with E-state index in [1.807, 2.05) is 36.0 Å². The van der Waals surface area contributed by atoms with Gasteiger partial charge in [0.2, 0.25) is 11.8 Å². The third-order valence-corrected chi connectivity index (χ3v) is 14.4. The second kappa shape index (κ2) is 17.7. The molecule has 15 nitrogen and oxygen atoms in total. The number of hydrogen-bond donors (Lipinski definition) is 4. The Bertz CT molecular complexity index is 2490. The summed E-state index contributed by atoms with van der Waals surface area (Å²) < 4.78 is 15.2. The number of rotatable bonds is 11. The molecule has 63 heavy (non-hydrogen) atoms. The van der Waals surface area contributed by atoms with Crippen LogP contribution in [-0.4, -0.2) is 112 Å². The first-order chi connectivity index (χ1) is 30.5. The van der Waals surface area contributed by atoms with Gasteiger partial charge in [0, 0.05) is 43.8 Å². The molecule has 9 rings (SSSR count). The summed E-state index contributed by atoms with van der Waals surface area (Å²) in [4.78, 5) is 72.7. The molecule has 5 heterocycles. The Labute approximate surface area is 370 Å². The molecule has 2 aromatic heterocycles. The van der Waals surface area contributed by atoms with Gasteiger partial charge in [0.05, 0.1) is 37.8 Å². The number of alkyl carbamates (subject to hydrolysis) is 2. The molecule has 4 N–H and O–H groups in total. The molecule has 16 heteroatoms. The third kappa shape index (κ3) is 8.75. The Morgan fingerprint density at radius 1 is 0.841 bits per heavy atom. The number of carbonyl (C=O) groups excluding carboxylic acids is 4. The van der Waals surface area contributed by atoms with Crippen LogP contribution in [0.1, 0.15) is 69.0 Å². The van der Waals surface area contributed by atoms with Crippen LogP contribution in [0.15, 0.2) is 73.1 Å². The molecule has 5 aromatic rings. The lowest BCUT2D eigenvalue weighted by Gasteiger charge is -2.33. The maximum Gasteiger partial charge on any atom is 0.407 e. The maximum absolute atomic E-state index is 14.0. The molecule has 3 aliphatic heterocycles. The van der Waals surface area contributed by atoms with Gasteiger partial charge >= 0.3 is 12.2 Å². The normalized spacial score (nSPS) is 20.5. The number of aromatic amines is 2. The average molecular weight is 875 g/mol. The number of H-pyrrole nitrogens is 2. The van der Waals surface area contributed by atoms with Crippen molar-refractivity contribution in [2.75, 3.05) is 46.3 Å². The van der Waals surface area contributed by atoms with Crippen LogP contribution in [0.3, 0.4) is 0 Å². The Kier molecular flexibility index (Phi) is 11.9. The van der Waals surface area contributed by atoms with E-state index in [1.54, 1.807) is 11.8 Å². The van der Waals surface area contributed by atoms with Gasteiger partial charge in [-0.1, -0.05) is 62.4 Å². The number of nitrogens with one attached hydrogen (secondary N) is 4. The summed E-state index contributed by atoms with van der Waals surface area (Å²) in [5, 5.41) is 7.45. The average Bonchev–Trinajstić information content (AvgIpc) is 3.85. The number of thioether (sulfide) groups is 1. The van der Waals surface area contributed by atoms with E-state index in [-0.39, 0.29) is 40.5 Å². The van der Waals surface area contributed by atoms with Crippen molar-refractivity contribution < 1.29 is 33.4 Å². The summed E-state index contributed by atoms with van der Waals surface area (Å²) in [6.07, 6.45) is 6.88. The monoisotopic (exact) mass is 874 g/mol. The second-order valence-electron chi connectivity index (χ2n) is 17.6. The fourth-order valence-electron chi connectivity index (χ4n) is 9.36. The summed E-state index contributed by atoms with van der Waals surface area (Å²) in [6, 6.07) is 19.5. The molecular formula is C47H54N8O7S. The number of ether oxygens (including phenoxy) is 3. The number of amides is 4. The molecule has 4 atom stereocenters. The second-order valence-corrected chi connectivity index (χ2v) is 18.8. The van der Waals surface area contributed by atoms with Gasteiger partial charge in [-0.05, 0) is 89.0 Å². The van der Waals surface area contributed by atoms with Gasteiger partial charge in [0.15, 0.2) is 0 Å². The van der Waals surface area contributed by atoms with Gasteiger partial charge in [-0.25, -0.2) is 19.6 Å². The largest absolute Gasteiger partial charge is 0.453 e. The van der Waals surface area contributed by atoms with Gasteiger partial charge in [0.25, 0.3) is 0 Å². The van der Waals surface area contributed by atoms with E-state index in [1.165, 1.54) is 14.2 Å². The summed E-state index contributed by atoms with van der Waals surface area (Å²) in [5.41, 5.74) is 5.90. The van der Waals surface area contributed by atoms with Crippen molar-refractivity contribution in [3.8, 4) is 33.6 Å². The zero-order chi connectivity index (χ0) is 43.8. The highest BCUT2D eigenvalue weighted by Crippen LogP contribution is 2.58. The lowest BCUT2D eigenvalue weighted by Crippen LogP contribution is -2.53. The lowest BCUT2D eigenvalue weighted by atomic mass is 9.90. The summed E-state index contributed by atoms with van der Waals surface area (Å²) in [5.74, 6) is 1.83. The van der Waals surface area contributed by atoms with Crippen LogP contribution < -0.4 is 10.6 Å². The fourth-order valence-corrected chi connectivity index (χ4v) is 10.5. The van der Waals surface area contributed by atoms with E-state index in [4.69, 9.17) is 24.2 Å². The van der Waals surface area contributed by atoms with Gasteiger partial charge < -0.3 is 44.6 Å². The SMILES string of the molecule is COC(=O)NC(C(=O)N1CC2(CC2)C[C@H]1c1nc(-c2ccc3cc(-c4ccc(-c5cnc([C@@H]6SCCN6C(=O)[C@@H](NC(=O)OC)C6CCOCC6)[nH]5)cc4)ccc3c2)c[nH]1)C(C)C. The highest BCUT2D eigenvalue weighted by molar-refractivity contribution is 7.99. The first kappa shape index (κ1) is 42.4. The van der Waals surface area contributed by atoms with Crippen LogP contribution >= 0.6 is 11.8 Å². The van der Waals surface area contributed by atoms with E-state index < -0.39 is 24.3 Å². The molecule has 4 aliphatic rings. The number of likely N-dealkylation sites (tertiary alicyclic amines) is 1. The maximum atomic E-state index is 14.0. The lowest BCUT2D eigenvalue weighted by molar-refractivity contribution is -0.136. The Morgan fingerprint density at radius 2 is 1.51 bits per heavy atom. The smallest absolute Gasteiger partial charge is 0.407 e. The van der Waals surface area contributed by atoms with Crippen LogP contribution in [-0.2, 0) is 23.8 Å². The minimum Gasteiger partial charge on any atom is -0.453 e. The van der Waals surface area contributed by atoms with Crippen LogP contribution in [0.5, 0.6) is 0 Å². The van der Waals surface area contributed by atoms with Crippen molar-refractivity contribution in [3.63, 3.8) is 0 Å². The van der Waals surface area contributed by atoms with E-state index in [0.717, 1.165) is 75.3 Å². The van der Waals surface area contributed by atoms with E-state index in [2.05, 4.69) is 81.3 Å². The zero-order valence-electron chi connectivity index (χ0n) is 36.0. The predicted octanol–water partition coefficient (Wildman–Crippen LogP) is 7.45. The van der Waals surface area contributed by atoms with Gasteiger partial charge in [0.1, 0.15) is 29.1 Å². The Balaban J connectivity index is 0.875. The zero-order valence-corrected chi connectivity index (χ0v) is 36.8. The number of carbonyl (C=O) groups is 4. The van der Waals surface area contributed by atoms with E-state index >= 15 is 0 Å². The Morgan fingerprint density at radius 3 is 2.21 bits per heavy atom. The number of methoxy groups -OCH3 is 2. The minimum atomic E-state index is -0.697. The molecule has 0 bridgehead atoms. The molecule has 4 amide bonds. The standard InChI is InChI=1S/C47H54N8O7S/c1-27(2)38(52-45(58)60-3)42(56)55-26-47(15-16-47)23-37(55)40-48-25-36(50-40)34-12-11-32-21-31(9-10-33(32)22-34)28-5-7-29(8-6-28)35-24-49-41(51-35)44-54(17-20-63-44)43(57)39(53-46(59)61-4)30-13-18-62-19-14-30/h5-12,21-22,24-25,27,30,37-39,44H,13-20,23,26H2,1-4H3,(H,48,50)(H,49,51)(H,52,58)(H,53,59)/t37-,38?,39-,44-/m0/s1. The van der Waals surface area contributed by atoms with Crippen LogP contribution in [0.2, 0.25) is 0 Å². The van der Waals surface area contributed by atoms with Crippen molar-refractivity contribution in [2.24, 2.45) is 17.3 Å². The molecule has 3 saturated heterocycles. The molecule has 3 aromatic carbocycles. The first-order valence-corrected chi connectivity index (χ1v) is 22.8. The highest BCUT2D eigenvalue weighted by Gasteiger charge is 2.55. The van der Waals surface area contributed by atoms with Crippen LogP contribution in [0, 0.1) is 17.3 Å². The van der Waals surface area contributed by atoms with Crippen LogP contribution in [0.25, 0.3) is 44.4 Å². The van der Waals surface area contributed by atoms with Crippen molar-refractivity contribution in [2.45, 2.75) is 69.5 Å². The van der Waals surface area contributed by atoms with Gasteiger partial charge in [-0.15, -0.1) is 11.8 Å². The molecule has 1 spiro atoms. The number of imidazole rings is 2. The molecule has 1 unspecified atom stereocenters. The molecular weight excluding hydrogens is 821 g/mol. The molecule has 4 fully saturated rings. The van der Waals surface area contributed by atoms with E-state index in [0.29, 0.717) is 45.0 Å². The van der Waals surface area contributed by atoms with Crippen LogP contribution in [0.4, 0.5) is 9.59 Å². The molecule has 1 aliphatic carbocycles. The molecule has 330 valence electrons. The first-order valence-electron chi connectivity index (χ1n) is 21.8. The van der Waals surface area contributed by atoms with Crippen molar-refractivity contribution in [1.29, 1.82) is 0 Å². The topological polar surface area (TPSA) is 184 Å². The number of aromatic nitrogens is 4. The number of hydrogen-bond acceptors (Lipinski definition) is 10. The Hall–Kier alpha value is -5.87. The fraction of sp³-hybridized carbons (Fsp3) is 0.447. The minimum absolute atomic E-state index is 0.0359. The summed E-state index contributed by atoms with van der Waals surface area (Å²) in [7, 11) is 2.61. The summed E-state index contributed by atoms with van der Waals surface area (Å²) >= 11 is 1.65. The van der Waals surface area contributed by atoms with E-state index in [9.17, 15) is 19.2 Å². The van der Waals surface area contributed by atoms with Crippen molar-refractivity contribution in [3.05, 3.63) is 84.7 Å². The van der Waals surface area contributed by atoms with Gasteiger partial charge in [-0.3, -0.25) is 9.59 Å². The van der Waals surface area contributed by atoms with Crippen molar-refractivity contribution in [1.82, 2.24) is 40.4 Å². The van der Waals surface area contributed by atoms with Crippen molar-refractivity contribution >= 4 is 46.5 Å². The number of nitrogens with zero attached hydrogens (tertiary/aromatic N) is 4. The third-order valence-electron chi connectivity index (χ3n) is 13.2. The summed E-state index contributed by atoms with van der Waals surface area (Å²) in [6.45, 7) is 6.17. The number of fused-ring (bicyclic) bond motifs is 1. The highest BCUT2D eigenvalue weighted by atomic mass is 32.2. The molecule has 0 radical (unpaired) electrons. The predicted molar refractivity (Wildman–Crippen MR) is 239 cm³/mol. The van der Waals surface area contributed by atoms with Gasteiger partial charge in [-0.2, -0.15) is 0 Å². The number of benzene rings is 3. The quantitative estimate of drug-likeness (QED) is 0.104. The molecule has 1 saturated carbocycles.